The Morgan fingerprint density at radius 3 is 2.61 bits per heavy atom. The number of fused-ring (bicyclic) bond motifs is 1. The quantitative estimate of drug-likeness (QED) is 0.257. The van der Waals surface area contributed by atoms with Gasteiger partial charge in [0.05, 0.1) is 26.5 Å². The average molecular weight is 582 g/mol. The lowest BCUT2D eigenvalue weighted by molar-refractivity contribution is -0.385. The van der Waals surface area contributed by atoms with E-state index >= 15 is 0 Å². The van der Waals surface area contributed by atoms with Crippen LogP contribution in [0.4, 0.5) is 5.69 Å². The molecule has 0 saturated heterocycles. The largest absolute Gasteiger partial charge is 0.479 e. The van der Waals surface area contributed by atoms with Gasteiger partial charge in [0.2, 0.25) is 5.75 Å². The Morgan fingerprint density at radius 1 is 1.30 bits per heavy atom. The van der Waals surface area contributed by atoms with Gasteiger partial charge in [-0.15, -0.1) is 0 Å². The summed E-state index contributed by atoms with van der Waals surface area (Å²) in [6.45, 7) is 4.93. The highest BCUT2D eigenvalue weighted by Gasteiger charge is 2.24. The number of nitro benzene ring substituents is 1. The Hall–Kier alpha value is -3.12. The summed E-state index contributed by atoms with van der Waals surface area (Å²) in [5, 5.41) is 25.0. The lowest BCUT2D eigenvalue weighted by atomic mass is 9.95. The number of ether oxygens (including phenoxy) is 1. The fourth-order valence-electron chi connectivity index (χ4n) is 2.95. The van der Waals surface area contributed by atoms with E-state index in [1.165, 1.54) is 23.0 Å². The van der Waals surface area contributed by atoms with E-state index in [0.717, 1.165) is 0 Å². The van der Waals surface area contributed by atoms with Crippen molar-refractivity contribution in [2.24, 2.45) is 5.10 Å². The Labute approximate surface area is 204 Å². The van der Waals surface area contributed by atoms with Crippen LogP contribution in [0.5, 0.6) is 5.75 Å². The molecule has 3 aromatic rings. The van der Waals surface area contributed by atoms with Crippen LogP contribution in [-0.4, -0.2) is 38.5 Å². The molecule has 0 saturated carbocycles. The molecule has 172 valence electrons. The number of carbonyl (C=O) groups is 1. The molecule has 3 rings (SSSR count). The predicted octanol–water partition coefficient (Wildman–Crippen LogP) is 4.47. The summed E-state index contributed by atoms with van der Waals surface area (Å²) in [6, 6.07) is 7.83. The third-order valence-electron chi connectivity index (χ3n) is 4.38. The van der Waals surface area contributed by atoms with Gasteiger partial charge in [-0.3, -0.25) is 14.9 Å². The Morgan fingerprint density at radius 2 is 2.00 bits per heavy atom. The summed E-state index contributed by atoms with van der Waals surface area (Å²) in [5.41, 5.74) is -0.553. The molecule has 1 N–H and O–H groups in total. The van der Waals surface area contributed by atoms with Crippen LogP contribution in [0.1, 0.15) is 32.2 Å². The second-order valence-electron chi connectivity index (χ2n) is 8.00. The zero-order valence-corrected chi connectivity index (χ0v) is 20.9. The van der Waals surface area contributed by atoms with Crippen LogP contribution in [0.3, 0.4) is 0 Å². The first-order chi connectivity index (χ1) is 15.4. The standard InChI is InChI=1S/C21H18Br2N4O6/c1-21(2,3)20-25-15-5-4-12(22)8-13(15)19(30)26(20)24-9-11-6-14(23)18(33-10-17(28)29)16(7-11)27(31)32/h4-9H,10H2,1-3H3,(H,28,29). The molecule has 0 unspecified atom stereocenters. The molecule has 0 atom stereocenters. The summed E-state index contributed by atoms with van der Waals surface area (Å²) in [4.78, 5) is 39.4. The van der Waals surface area contributed by atoms with Crippen LogP contribution in [-0.2, 0) is 10.2 Å². The lowest BCUT2D eigenvalue weighted by Crippen LogP contribution is -2.29. The molecule has 0 fully saturated rings. The van der Waals surface area contributed by atoms with Gasteiger partial charge in [0, 0.05) is 21.5 Å². The van der Waals surface area contributed by atoms with Crippen molar-refractivity contribution in [3.8, 4) is 5.75 Å². The van der Waals surface area contributed by atoms with E-state index in [1.807, 2.05) is 20.8 Å². The predicted molar refractivity (Wildman–Crippen MR) is 129 cm³/mol. The zero-order chi connectivity index (χ0) is 24.5. The number of nitro groups is 1. The van der Waals surface area contributed by atoms with Gasteiger partial charge < -0.3 is 9.84 Å². The molecule has 0 radical (unpaired) electrons. The Kier molecular flexibility index (Phi) is 6.98. The molecular weight excluding hydrogens is 564 g/mol. The van der Waals surface area contributed by atoms with Crippen molar-refractivity contribution in [1.82, 2.24) is 9.66 Å². The second kappa shape index (κ2) is 9.40. The number of hydrogen-bond donors (Lipinski definition) is 1. The maximum Gasteiger partial charge on any atom is 0.341 e. The van der Waals surface area contributed by atoms with Crippen molar-refractivity contribution in [3.63, 3.8) is 0 Å². The van der Waals surface area contributed by atoms with Crippen LogP contribution in [0.25, 0.3) is 10.9 Å². The second-order valence-corrected chi connectivity index (χ2v) is 9.77. The smallest absolute Gasteiger partial charge is 0.341 e. The number of rotatable bonds is 6. The molecule has 0 aliphatic carbocycles. The normalized spacial score (nSPS) is 11.8. The first-order valence-corrected chi connectivity index (χ1v) is 11.1. The number of nitrogens with zero attached hydrogens (tertiary/aromatic N) is 4. The van der Waals surface area contributed by atoms with Crippen molar-refractivity contribution in [2.45, 2.75) is 26.2 Å². The number of carboxylic acid groups (broad SMARTS) is 1. The molecule has 1 heterocycles. The van der Waals surface area contributed by atoms with Crippen molar-refractivity contribution < 1.29 is 19.6 Å². The van der Waals surface area contributed by atoms with E-state index in [2.05, 4.69) is 41.9 Å². The van der Waals surface area contributed by atoms with E-state index in [1.54, 1.807) is 18.2 Å². The number of aliphatic carboxylic acids is 1. The van der Waals surface area contributed by atoms with Gasteiger partial charge in [-0.2, -0.15) is 9.78 Å². The highest BCUT2D eigenvalue weighted by Crippen LogP contribution is 2.36. The lowest BCUT2D eigenvalue weighted by Gasteiger charge is -2.20. The van der Waals surface area contributed by atoms with E-state index in [9.17, 15) is 19.7 Å². The van der Waals surface area contributed by atoms with E-state index in [4.69, 9.17) is 9.84 Å². The summed E-state index contributed by atoms with van der Waals surface area (Å²) in [5.74, 6) is -1.08. The van der Waals surface area contributed by atoms with Gasteiger partial charge in [-0.25, -0.2) is 9.78 Å². The zero-order valence-electron chi connectivity index (χ0n) is 17.7. The van der Waals surface area contributed by atoms with Crippen molar-refractivity contribution in [2.75, 3.05) is 6.61 Å². The monoisotopic (exact) mass is 580 g/mol. The molecule has 0 bridgehead atoms. The van der Waals surface area contributed by atoms with Crippen LogP contribution in [0.2, 0.25) is 0 Å². The first-order valence-electron chi connectivity index (χ1n) is 9.48. The van der Waals surface area contributed by atoms with Crippen LogP contribution in [0, 0.1) is 10.1 Å². The number of benzene rings is 2. The number of aromatic nitrogens is 2. The molecule has 1 aromatic heterocycles. The molecule has 12 heteroatoms. The minimum Gasteiger partial charge on any atom is -0.479 e. The minimum atomic E-state index is -1.27. The minimum absolute atomic E-state index is 0.170. The Balaban J connectivity index is 2.15. The SMILES string of the molecule is CC(C)(C)c1nc2ccc(Br)cc2c(=O)n1N=Cc1cc(Br)c(OCC(=O)O)c([N+](=O)[O-])c1. The molecular formula is C21H18Br2N4O6. The molecule has 0 spiro atoms. The fraction of sp³-hybridized carbons (Fsp3) is 0.238. The summed E-state index contributed by atoms with van der Waals surface area (Å²) in [6.07, 6.45) is 1.29. The summed E-state index contributed by atoms with van der Waals surface area (Å²) < 4.78 is 7.10. The third-order valence-corrected chi connectivity index (χ3v) is 5.47. The van der Waals surface area contributed by atoms with E-state index in [0.29, 0.717) is 21.2 Å². The number of halogens is 2. The highest BCUT2D eigenvalue weighted by atomic mass is 79.9. The van der Waals surface area contributed by atoms with Gasteiger partial charge in [-0.1, -0.05) is 36.7 Å². The molecule has 0 aliphatic rings. The van der Waals surface area contributed by atoms with E-state index < -0.39 is 34.2 Å². The fourth-order valence-corrected chi connectivity index (χ4v) is 3.89. The van der Waals surface area contributed by atoms with Crippen LogP contribution < -0.4 is 10.3 Å². The number of hydrogen-bond acceptors (Lipinski definition) is 7. The molecule has 33 heavy (non-hydrogen) atoms. The molecule has 0 amide bonds. The summed E-state index contributed by atoms with van der Waals surface area (Å²) >= 11 is 6.52. The number of carboxylic acids is 1. The van der Waals surface area contributed by atoms with Gasteiger partial charge in [0.25, 0.3) is 5.56 Å². The molecule has 2 aromatic carbocycles. The van der Waals surface area contributed by atoms with Gasteiger partial charge >= 0.3 is 11.7 Å². The Bertz CT molecular complexity index is 1360. The van der Waals surface area contributed by atoms with Gasteiger partial charge in [0.1, 0.15) is 5.82 Å². The third kappa shape index (κ3) is 5.45. The van der Waals surface area contributed by atoms with Crippen molar-refractivity contribution in [1.29, 1.82) is 0 Å². The van der Waals surface area contributed by atoms with Crippen LogP contribution >= 0.6 is 31.9 Å². The van der Waals surface area contributed by atoms with Crippen molar-refractivity contribution >= 4 is 60.6 Å². The van der Waals surface area contributed by atoms with Gasteiger partial charge in [-0.05, 0) is 40.2 Å². The van der Waals surface area contributed by atoms with E-state index in [-0.39, 0.29) is 15.8 Å². The first kappa shape index (κ1) is 24.5. The molecule has 0 aliphatic heterocycles. The maximum atomic E-state index is 13.2. The molecule has 10 nitrogen and oxygen atoms in total. The van der Waals surface area contributed by atoms with Crippen molar-refractivity contribution in [3.05, 3.63) is 71.1 Å². The average Bonchev–Trinajstić information content (AvgIpc) is 2.71. The van der Waals surface area contributed by atoms with Gasteiger partial charge in [0.15, 0.2) is 6.61 Å². The topological polar surface area (TPSA) is 137 Å². The maximum absolute atomic E-state index is 13.2. The summed E-state index contributed by atoms with van der Waals surface area (Å²) in [7, 11) is 0. The highest BCUT2D eigenvalue weighted by molar-refractivity contribution is 9.10. The van der Waals surface area contributed by atoms with Crippen LogP contribution in [0.15, 0.2) is 49.2 Å².